The smallest absolute Gasteiger partial charge is 0.279 e. The van der Waals surface area contributed by atoms with Crippen molar-refractivity contribution in [2.75, 3.05) is 13.1 Å². The molecule has 0 unspecified atom stereocenters. The van der Waals surface area contributed by atoms with Gasteiger partial charge in [0.2, 0.25) is 0 Å². The van der Waals surface area contributed by atoms with E-state index in [9.17, 15) is 8.42 Å². The molecule has 1 aliphatic rings. The molecule has 5 nitrogen and oxygen atoms in total. The Labute approximate surface area is 103 Å². The van der Waals surface area contributed by atoms with Gasteiger partial charge in [-0.15, -0.1) is 0 Å². The lowest BCUT2D eigenvalue weighted by Crippen LogP contribution is -2.43. The number of nitrogens with two attached hydrogens (primary N) is 1. The highest BCUT2D eigenvalue weighted by Gasteiger charge is 2.36. The molecule has 0 aromatic carbocycles. The maximum Gasteiger partial charge on any atom is 0.279 e. The molecule has 0 aromatic heterocycles. The summed E-state index contributed by atoms with van der Waals surface area (Å²) in [6, 6.07) is 0.142. The van der Waals surface area contributed by atoms with E-state index in [1.807, 2.05) is 6.92 Å². The minimum Gasteiger partial charge on any atom is -0.393 e. The number of nitrogens with zero attached hydrogens (tertiary/aromatic N) is 1. The summed E-state index contributed by atoms with van der Waals surface area (Å²) in [6.07, 6.45) is 3.10. The molecule has 0 spiro atoms. The number of nitrogens with one attached hydrogen (secondary N) is 1. The molecule has 0 bridgehead atoms. The summed E-state index contributed by atoms with van der Waals surface area (Å²) in [4.78, 5) is 0.358. The van der Waals surface area contributed by atoms with Gasteiger partial charge in [0.25, 0.3) is 10.2 Å². The largest absolute Gasteiger partial charge is 0.393 e. The van der Waals surface area contributed by atoms with Crippen molar-refractivity contribution in [2.45, 2.75) is 38.6 Å². The summed E-state index contributed by atoms with van der Waals surface area (Å²) < 4.78 is 27.9. The highest BCUT2D eigenvalue weighted by molar-refractivity contribution is 7.87. The molecule has 0 amide bonds. The highest BCUT2D eigenvalue weighted by Crippen LogP contribution is 2.28. The summed E-state index contributed by atoms with van der Waals surface area (Å²) in [5, 5.41) is 0. The lowest BCUT2D eigenvalue weighted by atomic mass is 10.4. The molecule has 0 heterocycles. The molecule has 7 heteroatoms. The van der Waals surface area contributed by atoms with E-state index < -0.39 is 10.2 Å². The standard InChI is InChI=1S/C9H19N3O2S2/c1-2-6-11-16(13,14)12(8-3-4-8)7-5-9(10)15/h8,11H,2-7H2,1H3,(H2,10,15). The van der Waals surface area contributed by atoms with Gasteiger partial charge in [-0.2, -0.15) is 12.7 Å². The SMILES string of the molecule is CCCNS(=O)(=O)N(CCC(N)=S)C1CC1. The predicted octanol–water partition coefficient (Wildman–Crippen LogP) is 0.371. The first-order valence-electron chi connectivity index (χ1n) is 5.52. The molecule has 94 valence electrons. The predicted molar refractivity (Wildman–Crippen MR) is 68.3 cm³/mol. The van der Waals surface area contributed by atoms with E-state index in [0.717, 1.165) is 19.3 Å². The van der Waals surface area contributed by atoms with Gasteiger partial charge in [0, 0.05) is 25.6 Å². The molecule has 0 atom stereocenters. The highest BCUT2D eigenvalue weighted by atomic mass is 32.2. The molecular formula is C9H19N3O2S2. The minimum atomic E-state index is -3.35. The Hall–Kier alpha value is -0.240. The Morgan fingerprint density at radius 3 is 2.62 bits per heavy atom. The summed E-state index contributed by atoms with van der Waals surface area (Å²) in [6.45, 7) is 2.79. The van der Waals surface area contributed by atoms with Crippen LogP contribution in [0.15, 0.2) is 0 Å². The third-order valence-corrected chi connectivity index (χ3v) is 4.25. The Morgan fingerprint density at radius 2 is 2.19 bits per heavy atom. The monoisotopic (exact) mass is 265 g/mol. The quantitative estimate of drug-likeness (QED) is 0.622. The Bertz CT molecular complexity index is 339. The first-order chi connectivity index (χ1) is 7.47. The van der Waals surface area contributed by atoms with E-state index in [1.54, 1.807) is 0 Å². The second-order valence-electron chi connectivity index (χ2n) is 3.96. The van der Waals surface area contributed by atoms with Gasteiger partial charge >= 0.3 is 0 Å². The lowest BCUT2D eigenvalue weighted by Gasteiger charge is -2.21. The molecular weight excluding hydrogens is 246 g/mol. The third kappa shape index (κ3) is 4.32. The van der Waals surface area contributed by atoms with Crippen LogP contribution in [0.2, 0.25) is 0 Å². The van der Waals surface area contributed by atoms with Gasteiger partial charge in [-0.3, -0.25) is 0 Å². The lowest BCUT2D eigenvalue weighted by molar-refractivity contribution is 0.404. The Kier molecular flexibility index (Phi) is 5.10. The van der Waals surface area contributed by atoms with Crippen LogP contribution in [0.5, 0.6) is 0 Å². The molecule has 3 N–H and O–H groups in total. The van der Waals surface area contributed by atoms with Crippen LogP contribution in [0, 0.1) is 0 Å². The summed E-state index contributed by atoms with van der Waals surface area (Å²) in [5.74, 6) is 0. The van der Waals surface area contributed by atoms with Gasteiger partial charge in [-0.05, 0) is 19.3 Å². The summed E-state index contributed by atoms with van der Waals surface area (Å²) in [5.41, 5.74) is 5.39. The molecule has 1 fully saturated rings. The topological polar surface area (TPSA) is 75.4 Å². The zero-order valence-electron chi connectivity index (χ0n) is 9.48. The van der Waals surface area contributed by atoms with Crippen molar-refractivity contribution in [3.8, 4) is 0 Å². The fraction of sp³-hybridized carbons (Fsp3) is 0.889. The van der Waals surface area contributed by atoms with Gasteiger partial charge in [-0.1, -0.05) is 19.1 Å². The Morgan fingerprint density at radius 1 is 1.56 bits per heavy atom. The maximum absolute atomic E-state index is 11.9. The number of hydrogen-bond donors (Lipinski definition) is 2. The van der Waals surface area contributed by atoms with Crippen molar-refractivity contribution in [3.63, 3.8) is 0 Å². The fourth-order valence-corrected chi connectivity index (χ4v) is 3.05. The van der Waals surface area contributed by atoms with Crippen LogP contribution in [0.1, 0.15) is 32.6 Å². The van der Waals surface area contributed by atoms with E-state index in [4.69, 9.17) is 18.0 Å². The maximum atomic E-state index is 11.9. The Balaban J connectivity index is 2.57. The van der Waals surface area contributed by atoms with E-state index in [1.165, 1.54) is 4.31 Å². The van der Waals surface area contributed by atoms with Gasteiger partial charge in [0.15, 0.2) is 0 Å². The van der Waals surface area contributed by atoms with Crippen molar-refractivity contribution in [1.82, 2.24) is 9.03 Å². The summed E-state index contributed by atoms with van der Waals surface area (Å²) in [7, 11) is -3.35. The zero-order chi connectivity index (χ0) is 12.2. The number of thiocarbonyl (C=S) groups is 1. The number of rotatable bonds is 8. The molecule has 1 aliphatic carbocycles. The van der Waals surface area contributed by atoms with Crippen LogP contribution < -0.4 is 10.5 Å². The second kappa shape index (κ2) is 5.90. The first-order valence-corrected chi connectivity index (χ1v) is 7.37. The molecule has 1 rings (SSSR count). The molecule has 1 saturated carbocycles. The van der Waals surface area contributed by atoms with Gasteiger partial charge in [-0.25, -0.2) is 4.72 Å². The van der Waals surface area contributed by atoms with Gasteiger partial charge in [0.05, 0.1) is 4.99 Å². The summed E-state index contributed by atoms with van der Waals surface area (Å²) >= 11 is 4.77. The zero-order valence-corrected chi connectivity index (χ0v) is 11.1. The first kappa shape index (κ1) is 13.8. The van der Waals surface area contributed by atoms with Crippen molar-refractivity contribution in [1.29, 1.82) is 0 Å². The van der Waals surface area contributed by atoms with Crippen LogP contribution in [0.25, 0.3) is 0 Å². The molecule has 16 heavy (non-hydrogen) atoms. The van der Waals surface area contributed by atoms with Crippen molar-refractivity contribution >= 4 is 27.4 Å². The van der Waals surface area contributed by atoms with Crippen molar-refractivity contribution in [2.24, 2.45) is 5.73 Å². The number of hydrogen-bond acceptors (Lipinski definition) is 3. The van der Waals surface area contributed by atoms with Crippen molar-refractivity contribution in [3.05, 3.63) is 0 Å². The fourth-order valence-electron chi connectivity index (χ4n) is 1.40. The average molecular weight is 265 g/mol. The molecule has 0 aliphatic heterocycles. The van der Waals surface area contributed by atoms with Crippen LogP contribution in [0.4, 0.5) is 0 Å². The van der Waals surface area contributed by atoms with Crippen LogP contribution in [-0.2, 0) is 10.2 Å². The minimum absolute atomic E-state index is 0.142. The van der Waals surface area contributed by atoms with E-state index in [2.05, 4.69) is 4.72 Å². The van der Waals surface area contributed by atoms with Crippen LogP contribution >= 0.6 is 12.2 Å². The third-order valence-electron chi connectivity index (χ3n) is 2.38. The van der Waals surface area contributed by atoms with Crippen LogP contribution in [0.3, 0.4) is 0 Å². The van der Waals surface area contributed by atoms with Crippen molar-refractivity contribution < 1.29 is 8.42 Å². The second-order valence-corrected chi connectivity index (χ2v) is 6.19. The van der Waals surface area contributed by atoms with E-state index in [0.29, 0.717) is 24.5 Å². The molecule has 0 radical (unpaired) electrons. The molecule has 0 aromatic rings. The van der Waals surface area contributed by atoms with Gasteiger partial charge in [0.1, 0.15) is 0 Å². The van der Waals surface area contributed by atoms with E-state index in [-0.39, 0.29) is 6.04 Å². The van der Waals surface area contributed by atoms with Gasteiger partial charge < -0.3 is 5.73 Å². The average Bonchev–Trinajstić information content (AvgIpc) is 2.98. The van der Waals surface area contributed by atoms with E-state index >= 15 is 0 Å². The van der Waals surface area contributed by atoms with Crippen LogP contribution in [-0.4, -0.2) is 36.8 Å². The normalized spacial score (nSPS) is 16.6. The molecule has 0 saturated heterocycles.